The van der Waals surface area contributed by atoms with E-state index in [0.29, 0.717) is 45.8 Å². The molecule has 0 radical (unpaired) electrons. The molecule has 2 aromatic rings. The molecule has 0 N–H and O–H groups in total. The molecule has 11 heteroatoms. The molecular weight excluding hydrogens is 556 g/mol. The van der Waals surface area contributed by atoms with Crippen molar-refractivity contribution in [2.75, 3.05) is 36.7 Å². The number of amides is 1. The van der Waals surface area contributed by atoms with E-state index in [0.717, 1.165) is 5.56 Å². The lowest BCUT2D eigenvalue weighted by Gasteiger charge is -2.27. The van der Waals surface area contributed by atoms with E-state index in [2.05, 4.69) is 20.9 Å². The lowest BCUT2D eigenvalue weighted by atomic mass is 10.1. The Morgan fingerprint density at radius 3 is 2.40 bits per heavy atom. The van der Waals surface area contributed by atoms with Crippen LogP contribution in [0.3, 0.4) is 0 Å². The second-order valence-electron chi connectivity index (χ2n) is 8.10. The highest BCUT2D eigenvalue weighted by Gasteiger charge is 2.50. The molecular formula is C24H27BrN2O6S2. The Hall–Kier alpha value is -2.24. The number of hydrogen-bond acceptors (Lipinski definition) is 7. The molecule has 0 saturated carbocycles. The zero-order valence-electron chi connectivity index (χ0n) is 19.7. The van der Waals surface area contributed by atoms with Crippen LogP contribution in [0.4, 0.5) is 5.69 Å². The summed E-state index contributed by atoms with van der Waals surface area (Å²) in [5, 5.41) is 0.280. The van der Waals surface area contributed by atoms with Crippen LogP contribution in [0.1, 0.15) is 19.4 Å². The molecule has 0 bridgehead atoms. The number of benzene rings is 2. The maximum absolute atomic E-state index is 12.9. The molecule has 188 valence electrons. The zero-order chi connectivity index (χ0) is 25.2. The average molecular weight is 584 g/mol. The van der Waals surface area contributed by atoms with Crippen molar-refractivity contribution in [1.29, 1.82) is 0 Å². The Labute approximate surface area is 218 Å². The number of hydrogen-bond donors (Lipinski definition) is 0. The molecule has 2 aliphatic heterocycles. The van der Waals surface area contributed by atoms with Crippen molar-refractivity contribution in [1.82, 2.24) is 0 Å². The van der Waals surface area contributed by atoms with E-state index in [1.54, 1.807) is 19.2 Å². The minimum Gasteiger partial charge on any atom is -0.497 e. The number of carbonyl (C=O) groups excluding carboxylic acids is 1. The van der Waals surface area contributed by atoms with Crippen molar-refractivity contribution in [2.45, 2.75) is 31.6 Å². The van der Waals surface area contributed by atoms with E-state index in [-0.39, 0.29) is 35.1 Å². The van der Waals surface area contributed by atoms with Gasteiger partial charge in [0.2, 0.25) is 0 Å². The highest BCUT2D eigenvalue weighted by Crippen LogP contribution is 2.46. The van der Waals surface area contributed by atoms with Gasteiger partial charge in [-0.3, -0.25) is 4.79 Å². The molecule has 0 spiro atoms. The van der Waals surface area contributed by atoms with Crippen LogP contribution < -0.4 is 19.1 Å². The summed E-state index contributed by atoms with van der Waals surface area (Å²) >= 11 is 4.95. The summed E-state index contributed by atoms with van der Waals surface area (Å²) in [6.45, 7) is 4.69. The highest BCUT2D eigenvalue weighted by molar-refractivity contribution is 9.10. The van der Waals surface area contributed by atoms with Crippen LogP contribution in [-0.4, -0.2) is 62.6 Å². The summed E-state index contributed by atoms with van der Waals surface area (Å²) < 4.78 is 42.2. The molecule has 2 aliphatic rings. The fraction of sp³-hybridized carbons (Fsp3) is 0.417. The summed E-state index contributed by atoms with van der Waals surface area (Å²) in [4.78, 5) is 19.2. The van der Waals surface area contributed by atoms with Crippen molar-refractivity contribution in [3.8, 4) is 17.2 Å². The summed E-state index contributed by atoms with van der Waals surface area (Å²) in [7, 11) is -1.60. The van der Waals surface area contributed by atoms with E-state index in [1.165, 1.54) is 11.8 Å². The van der Waals surface area contributed by atoms with Gasteiger partial charge in [-0.25, -0.2) is 8.42 Å². The number of sulfone groups is 1. The summed E-state index contributed by atoms with van der Waals surface area (Å²) in [6.07, 6.45) is 0.129. The average Bonchev–Trinajstić information content (AvgIpc) is 3.27. The molecule has 2 saturated heterocycles. The van der Waals surface area contributed by atoms with Gasteiger partial charge in [0.05, 0.1) is 50.0 Å². The Morgan fingerprint density at radius 1 is 1.11 bits per heavy atom. The maximum Gasteiger partial charge on any atom is 0.252 e. The van der Waals surface area contributed by atoms with Crippen LogP contribution in [0, 0.1) is 0 Å². The molecule has 35 heavy (non-hydrogen) atoms. The number of nitrogens with zero attached hydrogens (tertiary/aromatic N) is 2. The van der Waals surface area contributed by atoms with Crippen molar-refractivity contribution in [2.24, 2.45) is 4.99 Å². The number of rotatable bonds is 8. The predicted octanol–water partition coefficient (Wildman–Crippen LogP) is 4.10. The van der Waals surface area contributed by atoms with Gasteiger partial charge in [-0.05, 0) is 47.5 Å². The van der Waals surface area contributed by atoms with Gasteiger partial charge >= 0.3 is 0 Å². The minimum absolute atomic E-state index is 0.0000231. The number of fused-ring (bicyclic) bond motifs is 1. The zero-order valence-corrected chi connectivity index (χ0v) is 22.9. The number of carbonyl (C=O) groups is 1. The molecule has 2 heterocycles. The molecule has 2 atom stereocenters. The first-order chi connectivity index (χ1) is 16.7. The third-order valence-electron chi connectivity index (χ3n) is 5.67. The Balaban J connectivity index is 1.69. The molecule has 1 amide bonds. The van der Waals surface area contributed by atoms with E-state index in [1.807, 2.05) is 43.0 Å². The number of halogens is 1. The summed E-state index contributed by atoms with van der Waals surface area (Å²) in [5.74, 6) is 1.59. The fourth-order valence-electron chi connectivity index (χ4n) is 4.16. The summed E-state index contributed by atoms with van der Waals surface area (Å²) in [6, 6.07) is 10.5. The van der Waals surface area contributed by atoms with Gasteiger partial charge in [0.1, 0.15) is 5.75 Å². The molecule has 0 aliphatic carbocycles. The van der Waals surface area contributed by atoms with Gasteiger partial charge in [0.15, 0.2) is 26.5 Å². The van der Waals surface area contributed by atoms with Gasteiger partial charge in [0, 0.05) is 21.9 Å². The first-order valence-corrected chi connectivity index (χ1v) is 14.7. The van der Waals surface area contributed by atoms with E-state index >= 15 is 0 Å². The third kappa shape index (κ3) is 5.78. The van der Waals surface area contributed by atoms with Crippen molar-refractivity contribution in [3.05, 3.63) is 46.4 Å². The lowest BCUT2D eigenvalue weighted by Crippen LogP contribution is -2.38. The van der Waals surface area contributed by atoms with Crippen molar-refractivity contribution >= 4 is 54.3 Å². The Bertz CT molecular complexity index is 1230. The third-order valence-corrected chi connectivity index (χ3v) is 9.52. The Kier molecular flexibility index (Phi) is 7.97. The molecule has 4 rings (SSSR count). The van der Waals surface area contributed by atoms with Crippen molar-refractivity contribution < 1.29 is 27.4 Å². The minimum atomic E-state index is -3.19. The summed E-state index contributed by atoms with van der Waals surface area (Å²) in [5.41, 5.74) is 1.50. The van der Waals surface area contributed by atoms with E-state index in [9.17, 15) is 13.2 Å². The molecule has 2 fully saturated rings. The maximum atomic E-state index is 12.9. The molecule has 0 unspecified atom stereocenters. The quantitative estimate of drug-likeness (QED) is 0.459. The van der Waals surface area contributed by atoms with Crippen molar-refractivity contribution in [3.63, 3.8) is 0 Å². The van der Waals surface area contributed by atoms with Crippen LogP contribution in [0.15, 0.2) is 45.9 Å². The fourth-order valence-corrected chi connectivity index (χ4v) is 8.59. The number of aliphatic imine (C=N–C) groups is 1. The van der Waals surface area contributed by atoms with Crippen LogP contribution in [-0.2, 0) is 21.1 Å². The highest BCUT2D eigenvalue weighted by atomic mass is 79.9. The number of amidine groups is 1. The SMILES string of the molecule is CCOc1cc(Br)c(N2C(=NC(=O)Cc3ccc(OC)cc3)S[C@@H]3CS(=O)(=O)C[C@@H]32)cc1OCC. The second kappa shape index (κ2) is 10.8. The molecule has 8 nitrogen and oxygen atoms in total. The number of anilines is 1. The van der Waals surface area contributed by atoms with E-state index < -0.39 is 9.84 Å². The van der Waals surface area contributed by atoms with Gasteiger partial charge in [-0.2, -0.15) is 4.99 Å². The van der Waals surface area contributed by atoms with Crippen LogP contribution in [0.5, 0.6) is 17.2 Å². The Morgan fingerprint density at radius 2 is 1.77 bits per heavy atom. The number of ether oxygens (including phenoxy) is 3. The van der Waals surface area contributed by atoms with Crippen LogP contribution in [0.25, 0.3) is 0 Å². The number of methoxy groups -OCH3 is 1. The van der Waals surface area contributed by atoms with Gasteiger partial charge in [0.25, 0.3) is 5.91 Å². The first kappa shape index (κ1) is 25.8. The predicted molar refractivity (Wildman–Crippen MR) is 142 cm³/mol. The van der Waals surface area contributed by atoms with Gasteiger partial charge in [-0.1, -0.05) is 23.9 Å². The van der Waals surface area contributed by atoms with Crippen LogP contribution in [0.2, 0.25) is 0 Å². The topological polar surface area (TPSA) is 94.5 Å². The standard InChI is InChI=1S/C24H27BrN2O6S2/c1-4-32-20-11-17(25)18(12-21(20)33-5-2)27-19-13-35(29,30)14-22(19)34-24(27)26-23(28)10-15-6-8-16(31-3)9-7-15/h6-9,11-12,19,22H,4-5,10,13-14H2,1-3H3/t19-,22+/m0/s1. The van der Waals surface area contributed by atoms with Crippen LogP contribution >= 0.6 is 27.7 Å². The second-order valence-corrected chi connectivity index (χ2v) is 12.3. The largest absolute Gasteiger partial charge is 0.497 e. The molecule has 2 aromatic carbocycles. The van der Waals surface area contributed by atoms with Gasteiger partial charge in [-0.15, -0.1) is 0 Å². The normalized spacial score (nSPS) is 21.7. The van der Waals surface area contributed by atoms with Gasteiger partial charge < -0.3 is 19.1 Å². The monoisotopic (exact) mass is 582 g/mol. The smallest absolute Gasteiger partial charge is 0.252 e. The first-order valence-electron chi connectivity index (χ1n) is 11.2. The van der Waals surface area contributed by atoms with E-state index in [4.69, 9.17) is 14.2 Å². The number of thioether (sulfide) groups is 1. The molecule has 0 aromatic heterocycles. The lowest BCUT2D eigenvalue weighted by molar-refractivity contribution is -0.117.